The monoisotopic (exact) mass is 214 g/mol. The third kappa shape index (κ3) is 6.66. The van der Waals surface area contributed by atoms with Gasteiger partial charge in [-0.1, -0.05) is 26.8 Å². The van der Waals surface area contributed by atoms with Crippen molar-refractivity contribution in [3.63, 3.8) is 0 Å². The van der Waals surface area contributed by atoms with Crippen LogP contribution in [-0.2, 0) is 0 Å². The van der Waals surface area contributed by atoms with E-state index < -0.39 is 0 Å². The first kappa shape index (κ1) is 14.6. The zero-order valence-corrected chi connectivity index (χ0v) is 10.4. The van der Waals surface area contributed by atoms with Crippen LogP contribution in [0.5, 0.6) is 0 Å². The molecule has 0 saturated heterocycles. The maximum Gasteiger partial charge on any atom is 0.0558 e. The second-order valence-corrected chi connectivity index (χ2v) is 4.13. The van der Waals surface area contributed by atoms with Crippen LogP contribution in [0.1, 0.15) is 27.2 Å². The number of nitrogens with one attached hydrogen (secondary N) is 1. The molecule has 0 heterocycles. The van der Waals surface area contributed by atoms with Crippen molar-refractivity contribution in [3.05, 3.63) is 12.7 Å². The molecule has 0 aliphatic carbocycles. The van der Waals surface area contributed by atoms with Crippen molar-refractivity contribution in [1.29, 1.82) is 0 Å². The third-order valence-corrected chi connectivity index (χ3v) is 2.50. The van der Waals surface area contributed by atoms with Gasteiger partial charge in [-0.15, -0.1) is 6.58 Å². The summed E-state index contributed by atoms with van der Waals surface area (Å²) in [7, 11) is 0. The largest absolute Gasteiger partial charge is 0.395 e. The van der Waals surface area contributed by atoms with Crippen LogP contribution in [0.4, 0.5) is 0 Å². The molecule has 1 unspecified atom stereocenters. The maximum absolute atomic E-state index is 8.99. The van der Waals surface area contributed by atoms with Crippen LogP contribution in [0, 0.1) is 0 Å². The van der Waals surface area contributed by atoms with Crippen molar-refractivity contribution in [3.8, 4) is 0 Å². The highest BCUT2D eigenvalue weighted by Crippen LogP contribution is 2.03. The molecule has 0 aromatic heterocycles. The number of hydrogen-bond donors (Lipinski definition) is 2. The van der Waals surface area contributed by atoms with Crippen molar-refractivity contribution in [2.24, 2.45) is 0 Å². The molecular formula is C12H26N2O. The van der Waals surface area contributed by atoms with Gasteiger partial charge in [-0.25, -0.2) is 0 Å². The predicted molar refractivity (Wildman–Crippen MR) is 66.1 cm³/mol. The number of nitrogens with zero attached hydrogens (tertiary/aromatic N) is 1. The first-order chi connectivity index (χ1) is 7.15. The molecule has 3 nitrogen and oxygen atoms in total. The smallest absolute Gasteiger partial charge is 0.0558 e. The van der Waals surface area contributed by atoms with Crippen LogP contribution < -0.4 is 5.32 Å². The Hall–Kier alpha value is -0.380. The van der Waals surface area contributed by atoms with Gasteiger partial charge in [0.05, 0.1) is 6.61 Å². The van der Waals surface area contributed by atoms with Crippen molar-refractivity contribution in [1.82, 2.24) is 10.2 Å². The molecule has 0 aromatic rings. The van der Waals surface area contributed by atoms with Crippen LogP contribution in [0.15, 0.2) is 12.7 Å². The van der Waals surface area contributed by atoms with Gasteiger partial charge in [-0.2, -0.15) is 0 Å². The van der Waals surface area contributed by atoms with E-state index in [1.165, 1.54) is 0 Å². The van der Waals surface area contributed by atoms with Crippen molar-refractivity contribution >= 4 is 0 Å². The van der Waals surface area contributed by atoms with Gasteiger partial charge < -0.3 is 10.4 Å². The minimum absolute atomic E-state index is 0.214. The Balaban J connectivity index is 4.10. The van der Waals surface area contributed by atoms with Gasteiger partial charge >= 0.3 is 0 Å². The lowest BCUT2D eigenvalue weighted by atomic mass is 10.1. The normalized spacial score (nSPS) is 13.5. The number of aliphatic hydroxyl groups is 1. The zero-order valence-electron chi connectivity index (χ0n) is 10.4. The molecule has 1 atom stereocenters. The Morgan fingerprint density at radius 3 is 2.53 bits per heavy atom. The maximum atomic E-state index is 8.99. The molecule has 90 valence electrons. The van der Waals surface area contributed by atoms with E-state index >= 15 is 0 Å². The number of aliphatic hydroxyl groups excluding tert-OH is 1. The van der Waals surface area contributed by atoms with E-state index in [2.05, 4.69) is 37.6 Å². The lowest BCUT2D eigenvalue weighted by Crippen LogP contribution is -2.44. The standard InChI is InChI=1S/C12H26N2O/c1-5-7-14(8-9-15)12(6-2)10-13-11(3)4/h5,11-13,15H,1,6-10H2,2-4H3. The molecule has 0 fully saturated rings. The van der Waals surface area contributed by atoms with Gasteiger partial charge in [0.25, 0.3) is 0 Å². The summed E-state index contributed by atoms with van der Waals surface area (Å²) in [5.41, 5.74) is 0. The van der Waals surface area contributed by atoms with Crippen LogP contribution >= 0.6 is 0 Å². The minimum Gasteiger partial charge on any atom is -0.395 e. The summed E-state index contributed by atoms with van der Waals surface area (Å²) in [6.07, 6.45) is 2.99. The first-order valence-corrected chi connectivity index (χ1v) is 5.84. The first-order valence-electron chi connectivity index (χ1n) is 5.84. The highest BCUT2D eigenvalue weighted by atomic mass is 16.3. The van der Waals surface area contributed by atoms with Gasteiger partial charge in [-0.3, -0.25) is 4.90 Å². The molecule has 3 heteroatoms. The average molecular weight is 214 g/mol. The van der Waals surface area contributed by atoms with Crippen LogP contribution in [0.3, 0.4) is 0 Å². The topological polar surface area (TPSA) is 35.5 Å². The minimum atomic E-state index is 0.214. The quantitative estimate of drug-likeness (QED) is 0.567. The van der Waals surface area contributed by atoms with Gasteiger partial charge in [0.2, 0.25) is 0 Å². The Morgan fingerprint density at radius 1 is 1.47 bits per heavy atom. The average Bonchev–Trinajstić information content (AvgIpc) is 2.19. The molecule has 15 heavy (non-hydrogen) atoms. The van der Waals surface area contributed by atoms with Crippen molar-refractivity contribution < 1.29 is 5.11 Å². The molecule has 0 saturated carbocycles. The molecule has 2 N–H and O–H groups in total. The summed E-state index contributed by atoms with van der Waals surface area (Å²) in [5, 5.41) is 12.4. The lowest BCUT2D eigenvalue weighted by molar-refractivity contribution is 0.157. The summed E-state index contributed by atoms with van der Waals surface area (Å²) in [6, 6.07) is 0.997. The fourth-order valence-electron chi connectivity index (χ4n) is 1.62. The van der Waals surface area contributed by atoms with Gasteiger partial charge in [0.15, 0.2) is 0 Å². The van der Waals surface area contributed by atoms with Crippen molar-refractivity contribution in [2.45, 2.75) is 39.3 Å². The second-order valence-electron chi connectivity index (χ2n) is 4.13. The van der Waals surface area contributed by atoms with Gasteiger partial charge in [0.1, 0.15) is 0 Å². The summed E-state index contributed by atoms with van der Waals surface area (Å²) >= 11 is 0. The van der Waals surface area contributed by atoms with Gasteiger partial charge in [-0.05, 0) is 6.42 Å². The van der Waals surface area contributed by atoms with Crippen LogP contribution in [0.2, 0.25) is 0 Å². The molecule has 0 bridgehead atoms. The zero-order chi connectivity index (χ0) is 11.7. The molecule has 0 aliphatic heterocycles. The molecule has 0 amide bonds. The Morgan fingerprint density at radius 2 is 2.13 bits per heavy atom. The SMILES string of the molecule is C=CCN(CCO)C(CC)CNC(C)C. The predicted octanol–water partition coefficient (Wildman–Crippen LogP) is 1.24. The van der Waals surface area contributed by atoms with E-state index in [0.717, 1.165) is 26.1 Å². The third-order valence-electron chi connectivity index (χ3n) is 2.50. The summed E-state index contributed by atoms with van der Waals surface area (Å²) < 4.78 is 0. The fourth-order valence-corrected chi connectivity index (χ4v) is 1.62. The van der Waals surface area contributed by atoms with E-state index in [0.29, 0.717) is 12.1 Å². The molecule has 0 radical (unpaired) electrons. The molecule has 0 spiro atoms. The Bertz CT molecular complexity index is 160. The Kier molecular flexibility index (Phi) is 8.67. The van der Waals surface area contributed by atoms with Gasteiger partial charge in [0, 0.05) is 31.7 Å². The van der Waals surface area contributed by atoms with Crippen LogP contribution in [-0.4, -0.2) is 48.3 Å². The van der Waals surface area contributed by atoms with E-state index in [-0.39, 0.29) is 6.61 Å². The van der Waals surface area contributed by atoms with E-state index in [1.54, 1.807) is 0 Å². The second kappa shape index (κ2) is 8.89. The molecule has 0 aliphatic rings. The number of rotatable bonds is 9. The Labute approximate surface area is 94.2 Å². The van der Waals surface area contributed by atoms with Crippen LogP contribution in [0.25, 0.3) is 0 Å². The highest BCUT2D eigenvalue weighted by Gasteiger charge is 2.14. The highest BCUT2D eigenvalue weighted by molar-refractivity contribution is 4.80. The van der Waals surface area contributed by atoms with Crippen molar-refractivity contribution in [2.75, 3.05) is 26.2 Å². The molecular weight excluding hydrogens is 188 g/mol. The summed E-state index contributed by atoms with van der Waals surface area (Å²) in [6.45, 7) is 13.0. The molecule has 0 aromatic carbocycles. The number of hydrogen-bond acceptors (Lipinski definition) is 3. The van der Waals surface area contributed by atoms with E-state index in [4.69, 9.17) is 5.11 Å². The summed E-state index contributed by atoms with van der Waals surface area (Å²) in [4.78, 5) is 2.27. The fraction of sp³-hybridized carbons (Fsp3) is 0.833. The molecule has 0 rings (SSSR count). The lowest BCUT2D eigenvalue weighted by Gasteiger charge is -2.30. The van der Waals surface area contributed by atoms with E-state index in [1.807, 2.05) is 6.08 Å². The van der Waals surface area contributed by atoms with E-state index in [9.17, 15) is 0 Å². The summed E-state index contributed by atoms with van der Waals surface area (Å²) in [5.74, 6) is 0.